The Bertz CT molecular complexity index is 895. The van der Waals surface area contributed by atoms with Crippen LogP contribution in [0.15, 0.2) is 23.0 Å². The summed E-state index contributed by atoms with van der Waals surface area (Å²) < 4.78 is 6.73. The third kappa shape index (κ3) is 4.22. The number of hydrogen-bond donors (Lipinski definition) is 1. The molecule has 0 bridgehead atoms. The Kier molecular flexibility index (Phi) is 6.21. The molecule has 1 aromatic heterocycles. The third-order valence-corrected chi connectivity index (χ3v) is 5.28. The fraction of sp³-hybridized carbons (Fsp3) is 0.526. The van der Waals surface area contributed by atoms with E-state index < -0.39 is 5.97 Å². The summed E-state index contributed by atoms with van der Waals surface area (Å²) in [4.78, 5) is 30.0. The van der Waals surface area contributed by atoms with Gasteiger partial charge in [-0.15, -0.1) is 0 Å². The highest BCUT2D eigenvalue weighted by molar-refractivity contribution is 7.71. The molecule has 1 fully saturated rings. The number of rotatable bonds is 5. The average molecular weight is 375 g/mol. The van der Waals surface area contributed by atoms with Gasteiger partial charge >= 0.3 is 5.97 Å². The first-order valence-electron chi connectivity index (χ1n) is 9.17. The molecular formula is C19H25N3O3S. The normalized spacial score (nSPS) is 15.7. The minimum atomic E-state index is -0.437. The molecule has 1 saturated heterocycles. The zero-order valence-electron chi connectivity index (χ0n) is 15.1. The highest BCUT2D eigenvalue weighted by Gasteiger charge is 2.12. The van der Waals surface area contributed by atoms with Crippen molar-refractivity contribution in [2.24, 2.45) is 0 Å². The fourth-order valence-electron chi connectivity index (χ4n) is 3.51. The highest BCUT2D eigenvalue weighted by atomic mass is 32.1. The van der Waals surface area contributed by atoms with Crippen LogP contribution in [0.2, 0.25) is 0 Å². The molecule has 0 spiro atoms. The zero-order chi connectivity index (χ0) is 18.5. The number of methoxy groups -OCH3 is 1. The number of fused-ring (bicyclic) bond motifs is 1. The quantitative estimate of drug-likeness (QED) is 0.642. The third-order valence-electron chi connectivity index (χ3n) is 4.96. The number of nitrogens with zero attached hydrogens (tertiary/aromatic N) is 2. The Morgan fingerprint density at radius 2 is 1.92 bits per heavy atom. The number of aromatic nitrogens is 2. The van der Waals surface area contributed by atoms with E-state index in [1.807, 2.05) is 0 Å². The van der Waals surface area contributed by atoms with Crippen LogP contribution in [0.3, 0.4) is 0 Å². The van der Waals surface area contributed by atoms with Gasteiger partial charge in [0.25, 0.3) is 5.56 Å². The maximum Gasteiger partial charge on any atom is 0.337 e. The molecular weight excluding hydrogens is 350 g/mol. The van der Waals surface area contributed by atoms with Crippen molar-refractivity contribution in [1.82, 2.24) is 14.5 Å². The van der Waals surface area contributed by atoms with Crippen LogP contribution in [0, 0.1) is 4.77 Å². The van der Waals surface area contributed by atoms with E-state index in [0.29, 0.717) is 27.8 Å². The second-order valence-corrected chi connectivity index (χ2v) is 7.13. The van der Waals surface area contributed by atoms with E-state index in [1.54, 1.807) is 22.8 Å². The molecule has 0 atom stereocenters. The van der Waals surface area contributed by atoms with Gasteiger partial charge in [0.05, 0.1) is 23.6 Å². The lowest BCUT2D eigenvalue weighted by molar-refractivity contribution is 0.0601. The van der Waals surface area contributed by atoms with E-state index in [4.69, 9.17) is 17.0 Å². The van der Waals surface area contributed by atoms with E-state index in [2.05, 4.69) is 9.88 Å². The van der Waals surface area contributed by atoms with Gasteiger partial charge in [0, 0.05) is 6.54 Å². The van der Waals surface area contributed by atoms with Crippen LogP contribution in [0.5, 0.6) is 0 Å². The lowest BCUT2D eigenvalue weighted by Gasteiger charge is -2.19. The summed E-state index contributed by atoms with van der Waals surface area (Å²) in [5.74, 6) is -0.437. The van der Waals surface area contributed by atoms with Crippen LogP contribution >= 0.6 is 12.2 Å². The highest BCUT2D eigenvalue weighted by Crippen LogP contribution is 2.13. The predicted octanol–water partition coefficient (Wildman–Crippen LogP) is 3.11. The van der Waals surface area contributed by atoms with Gasteiger partial charge in [0.1, 0.15) is 0 Å². The second kappa shape index (κ2) is 8.60. The molecule has 26 heavy (non-hydrogen) atoms. The summed E-state index contributed by atoms with van der Waals surface area (Å²) in [6, 6.07) is 4.87. The van der Waals surface area contributed by atoms with Crippen LogP contribution in [0.4, 0.5) is 0 Å². The van der Waals surface area contributed by atoms with E-state index >= 15 is 0 Å². The van der Waals surface area contributed by atoms with Crippen molar-refractivity contribution < 1.29 is 9.53 Å². The summed E-state index contributed by atoms with van der Waals surface area (Å²) in [6.45, 7) is 3.88. The molecule has 6 nitrogen and oxygen atoms in total. The van der Waals surface area contributed by atoms with Gasteiger partial charge in [-0.25, -0.2) is 4.79 Å². The molecule has 2 heterocycles. The lowest BCUT2D eigenvalue weighted by atomic mass is 10.1. The number of ether oxygens (including phenoxy) is 1. The van der Waals surface area contributed by atoms with Gasteiger partial charge < -0.3 is 14.6 Å². The Morgan fingerprint density at radius 3 is 2.62 bits per heavy atom. The molecule has 2 aromatic rings. The number of carbonyl (C=O) groups is 1. The van der Waals surface area contributed by atoms with Crippen molar-refractivity contribution >= 4 is 29.1 Å². The van der Waals surface area contributed by atoms with Crippen molar-refractivity contribution in [2.45, 2.75) is 38.6 Å². The molecule has 0 radical (unpaired) electrons. The first kappa shape index (κ1) is 18.8. The van der Waals surface area contributed by atoms with Crippen molar-refractivity contribution in [3.8, 4) is 0 Å². The SMILES string of the molecule is COC(=O)c1ccc2c(=O)n(CCCN3CCCCCC3)c(=S)[nH]c2c1. The first-order valence-corrected chi connectivity index (χ1v) is 9.58. The number of aromatic amines is 1. The molecule has 1 N–H and O–H groups in total. The van der Waals surface area contributed by atoms with Gasteiger partial charge in [-0.2, -0.15) is 0 Å². The van der Waals surface area contributed by atoms with Crippen LogP contribution < -0.4 is 5.56 Å². The molecule has 140 valence electrons. The van der Waals surface area contributed by atoms with Crippen LogP contribution in [-0.4, -0.2) is 47.2 Å². The van der Waals surface area contributed by atoms with Gasteiger partial charge in [-0.3, -0.25) is 9.36 Å². The van der Waals surface area contributed by atoms with Gasteiger partial charge in [-0.05, 0) is 69.3 Å². The number of carbonyl (C=O) groups excluding carboxylic acids is 1. The lowest BCUT2D eigenvalue weighted by Crippen LogP contribution is -2.28. The fourth-order valence-corrected chi connectivity index (χ4v) is 3.80. The number of esters is 1. The molecule has 1 aliphatic heterocycles. The molecule has 0 amide bonds. The Labute approximate surface area is 157 Å². The number of H-pyrrole nitrogens is 1. The maximum atomic E-state index is 12.8. The van der Waals surface area contributed by atoms with Crippen molar-refractivity contribution in [2.75, 3.05) is 26.7 Å². The van der Waals surface area contributed by atoms with Gasteiger partial charge in [0.2, 0.25) is 0 Å². The topological polar surface area (TPSA) is 67.3 Å². The summed E-state index contributed by atoms with van der Waals surface area (Å²) in [7, 11) is 1.33. The number of benzene rings is 1. The van der Waals surface area contributed by atoms with E-state index in [9.17, 15) is 9.59 Å². The maximum absolute atomic E-state index is 12.8. The monoisotopic (exact) mass is 375 g/mol. The second-order valence-electron chi connectivity index (χ2n) is 6.75. The molecule has 0 unspecified atom stereocenters. The zero-order valence-corrected chi connectivity index (χ0v) is 15.9. The Balaban J connectivity index is 1.77. The van der Waals surface area contributed by atoms with Gasteiger partial charge in [-0.1, -0.05) is 12.8 Å². The standard InChI is InChI=1S/C19H25N3O3S/c1-25-18(24)14-7-8-15-16(13-14)20-19(26)22(17(15)23)12-6-11-21-9-4-2-3-5-10-21/h7-8,13H,2-6,9-12H2,1H3,(H,20,26). The smallest absolute Gasteiger partial charge is 0.337 e. The molecule has 1 aromatic carbocycles. The molecule has 0 saturated carbocycles. The van der Waals surface area contributed by atoms with Crippen LogP contribution in [-0.2, 0) is 11.3 Å². The minimum absolute atomic E-state index is 0.115. The summed E-state index contributed by atoms with van der Waals surface area (Å²) in [5.41, 5.74) is 0.840. The minimum Gasteiger partial charge on any atom is -0.465 e. The first-order chi connectivity index (χ1) is 12.6. The largest absolute Gasteiger partial charge is 0.465 e. The van der Waals surface area contributed by atoms with Crippen molar-refractivity contribution in [3.05, 3.63) is 38.9 Å². The molecule has 7 heteroatoms. The molecule has 0 aliphatic carbocycles. The molecule has 3 rings (SSSR count). The van der Waals surface area contributed by atoms with E-state index in [1.165, 1.54) is 32.8 Å². The van der Waals surface area contributed by atoms with Crippen LogP contribution in [0.1, 0.15) is 42.5 Å². The number of likely N-dealkylation sites (tertiary alicyclic amines) is 1. The van der Waals surface area contributed by atoms with Crippen molar-refractivity contribution in [1.29, 1.82) is 0 Å². The Hall–Kier alpha value is -1.99. The predicted molar refractivity (Wildman–Crippen MR) is 104 cm³/mol. The van der Waals surface area contributed by atoms with E-state index in [-0.39, 0.29) is 5.56 Å². The molecule has 1 aliphatic rings. The average Bonchev–Trinajstić information content (AvgIpc) is 2.92. The van der Waals surface area contributed by atoms with Gasteiger partial charge in [0.15, 0.2) is 4.77 Å². The number of nitrogens with one attached hydrogen (secondary N) is 1. The van der Waals surface area contributed by atoms with E-state index in [0.717, 1.165) is 26.1 Å². The summed E-state index contributed by atoms with van der Waals surface area (Å²) in [6.07, 6.45) is 6.05. The number of hydrogen-bond acceptors (Lipinski definition) is 5. The Morgan fingerprint density at radius 1 is 1.19 bits per heavy atom. The summed E-state index contributed by atoms with van der Waals surface area (Å²) in [5, 5.41) is 0.529. The van der Waals surface area contributed by atoms with Crippen molar-refractivity contribution in [3.63, 3.8) is 0 Å². The van der Waals surface area contributed by atoms with Crippen LogP contribution in [0.25, 0.3) is 10.9 Å². The summed E-state index contributed by atoms with van der Waals surface area (Å²) >= 11 is 5.37.